The van der Waals surface area contributed by atoms with Crippen molar-refractivity contribution in [3.05, 3.63) is 142 Å². The molecule has 2 aliphatic rings. The Morgan fingerprint density at radius 2 is 1.52 bits per heavy atom. The van der Waals surface area contributed by atoms with Crippen LogP contribution in [0.25, 0.3) is 0 Å². The van der Waals surface area contributed by atoms with E-state index < -0.39 is 0 Å². The van der Waals surface area contributed by atoms with Crippen LogP contribution in [0.15, 0.2) is 114 Å². The number of amides is 1. The third-order valence-electron chi connectivity index (χ3n) is 7.24. The molecule has 1 aromatic heterocycles. The maximum absolute atomic E-state index is 14.0. The summed E-state index contributed by atoms with van der Waals surface area (Å²) in [4.78, 5) is 29.0. The average molecular weight is 564 g/mol. The summed E-state index contributed by atoms with van der Waals surface area (Å²) in [7, 11) is 0. The number of pyridine rings is 1. The van der Waals surface area contributed by atoms with Gasteiger partial charge in [0, 0.05) is 24.4 Å². The van der Waals surface area contributed by atoms with Crippen LogP contribution in [-0.2, 0) is 6.61 Å². The molecule has 2 aliphatic heterocycles. The third kappa shape index (κ3) is 6.10. The van der Waals surface area contributed by atoms with Crippen molar-refractivity contribution in [3.63, 3.8) is 0 Å². The molecule has 216 valence electrons. The lowest BCUT2D eigenvalue weighted by Gasteiger charge is -2.44. The molecule has 42 heavy (non-hydrogen) atoms. The summed E-state index contributed by atoms with van der Waals surface area (Å²) in [6.07, 6.45) is 7.32. The van der Waals surface area contributed by atoms with Crippen LogP contribution < -0.4 is 19.9 Å². The number of para-hydroxylation sites is 1. The fraction of sp³-hybridized carbons (Fsp3) is 0.257. The summed E-state index contributed by atoms with van der Waals surface area (Å²) in [6, 6.07) is 29.0. The molecule has 0 saturated heterocycles. The van der Waals surface area contributed by atoms with Crippen molar-refractivity contribution in [1.29, 1.82) is 0 Å². The molecule has 0 radical (unpaired) electrons. The summed E-state index contributed by atoms with van der Waals surface area (Å²) in [5.41, 5.74) is 2.83. The van der Waals surface area contributed by atoms with Gasteiger partial charge in [0.15, 0.2) is 11.4 Å². The Bertz CT molecular complexity index is 1570. The molecule has 3 heterocycles. The summed E-state index contributed by atoms with van der Waals surface area (Å²) in [5.74, 6) is 0.620. The molecular formula is C35H37N3O4. The van der Waals surface area contributed by atoms with Gasteiger partial charge >= 0.3 is 0 Å². The molecule has 0 saturated carbocycles. The zero-order valence-corrected chi connectivity index (χ0v) is 24.2. The van der Waals surface area contributed by atoms with E-state index in [0.29, 0.717) is 26.2 Å². The molecule has 7 nitrogen and oxygen atoms in total. The van der Waals surface area contributed by atoms with E-state index in [9.17, 15) is 9.59 Å². The Labute approximate surface area is 247 Å². The summed E-state index contributed by atoms with van der Waals surface area (Å²) < 4.78 is 14.2. The van der Waals surface area contributed by atoms with Gasteiger partial charge in [-0.2, -0.15) is 0 Å². The first-order valence-corrected chi connectivity index (χ1v) is 14.6. The monoisotopic (exact) mass is 563 g/mol. The van der Waals surface area contributed by atoms with Crippen LogP contribution in [0.3, 0.4) is 0 Å². The van der Waals surface area contributed by atoms with E-state index in [0.717, 1.165) is 28.9 Å². The Balaban J connectivity index is 0.00000173. The number of ether oxygens (including phenoxy) is 2. The Hall–Kier alpha value is -4.78. The standard InChI is InChI=1S/C33H31N3O4.C2H6/c37-28-19-21-35-31(32(28)40-23-25-13-5-3-6-14-25)33(38)34-20-11-1-2-12-22-39-29-18-10-9-17-27(29)30(36(35)24-34)26-15-7-4-8-16-26;1-2/h1-10,13-19,21,30H,11-12,20,22-24H2;1-2H3/b2-1+;. The molecule has 4 aromatic rings. The molecule has 3 aromatic carbocycles. The number of hydrogen-bond donors (Lipinski definition) is 0. The van der Waals surface area contributed by atoms with Gasteiger partial charge in [0.2, 0.25) is 5.43 Å². The fourth-order valence-electron chi connectivity index (χ4n) is 5.31. The van der Waals surface area contributed by atoms with Crippen LogP contribution in [0.1, 0.15) is 59.9 Å². The Morgan fingerprint density at radius 1 is 0.833 bits per heavy atom. The van der Waals surface area contributed by atoms with Crippen molar-refractivity contribution >= 4 is 5.91 Å². The van der Waals surface area contributed by atoms with Gasteiger partial charge < -0.3 is 14.4 Å². The highest BCUT2D eigenvalue weighted by molar-refractivity contribution is 5.96. The lowest BCUT2D eigenvalue weighted by Crippen LogP contribution is -2.55. The molecule has 2 bridgehead atoms. The topological polar surface area (TPSA) is 64.0 Å². The SMILES string of the molecule is CC.O=C1c2c(OCc3ccccc3)c(=O)ccn2N2CN1CC/C=C/CCOc1ccccc1C2c1ccccc1. The van der Waals surface area contributed by atoms with Crippen LogP contribution in [-0.4, -0.2) is 35.3 Å². The van der Waals surface area contributed by atoms with Crippen molar-refractivity contribution in [2.24, 2.45) is 0 Å². The second kappa shape index (κ2) is 13.7. The van der Waals surface area contributed by atoms with Gasteiger partial charge in [0.1, 0.15) is 25.1 Å². The molecular weight excluding hydrogens is 526 g/mol. The van der Waals surface area contributed by atoms with E-state index in [1.807, 2.05) is 80.6 Å². The van der Waals surface area contributed by atoms with Crippen LogP contribution in [0.5, 0.6) is 11.5 Å². The minimum absolute atomic E-state index is 0.0576. The van der Waals surface area contributed by atoms with E-state index >= 15 is 0 Å². The summed E-state index contributed by atoms with van der Waals surface area (Å²) >= 11 is 0. The van der Waals surface area contributed by atoms with E-state index in [1.54, 1.807) is 15.8 Å². The Morgan fingerprint density at radius 3 is 2.31 bits per heavy atom. The number of carbonyl (C=O) groups is 1. The number of carbonyl (C=O) groups excluding carboxylic acids is 1. The molecule has 0 aliphatic carbocycles. The number of aromatic nitrogens is 1. The van der Waals surface area contributed by atoms with Gasteiger partial charge in [-0.25, -0.2) is 0 Å². The highest BCUT2D eigenvalue weighted by Gasteiger charge is 2.37. The molecule has 1 amide bonds. The number of benzene rings is 3. The minimum Gasteiger partial charge on any atom is -0.493 e. The maximum atomic E-state index is 14.0. The zero-order chi connectivity index (χ0) is 29.3. The molecule has 6 rings (SSSR count). The largest absolute Gasteiger partial charge is 0.493 e. The van der Waals surface area contributed by atoms with Crippen molar-refractivity contribution in [2.75, 3.05) is 24.8 Å². The molecule has 7 heteroatoms. The van der Waals surface area contributed by atoms with E-state index in [2.05, 4.69) is 35.4 Å². The van der Waals surface area contributed by atoms with E-state index in [-0.39, 0.29) is 35.4 Å². The quantitative estimate of drug-likeness (QED) is 0.272. The van der Waals surface area contributed by atoms with Crippen LogP contribution in [0, 0.1) is 0 Å². The Kier molecular flexibility index (Phi) is 9.39. The lowest BCUT2D eigenvalue weighted by atomic mass is 9.97. The number of hydrogen-bond acceptors (Lipinski definition) is 5. The second-order valence-corrected chi connectivity index (χ2v) is 9.87. The second-order valence-electron chi connectivity index (χ2n) is 9.87. The molecule has 1 unspecified atom stereocenters. The van der Waals surface area contributed by atoms with Gasteiger partial charge in [-0.15, -0.1) is 0 Å². The van der Waals surface area contributed by atoms with Crippen molar-refractivity contribution in [3.8, 4) is 11.5 Å². The van der Waals surface area contributed by atoms with Crippen molar-refractivity contribution in [2.45, 2.75) is 39.3 Å². The molecule has 0 spiro atoms. The van der Waals surface area contributed by atoms with E-state index in [1.165, 1.54) is 6.07 Å². The van der Waals surface area contributed by atoms with Crippen LogP contribution in [0.4, 0.5) is 0 Å². The number of rotatable bonds is 4. The average Bonchev–Trinajstić information content (AvgIpc) is 3.05. The van der Waals surface area contributed by atoms with Gasteiger partial charge in [-0.3, -0.25) is 19.3 Å². The van der Waals surface area contributed by atoms with Gasteiger partial charge in [-0.1, -0.05) is 105 Å². The smallest absolute Gasteiger partial charge is 0.277 e. The first-order valence-electron chi connectivity index (χ1n) is 14.6. The van der Waals surface area contributed by atoms with Crippen LogP contribution >= 0.6 is 0 Å². The predicted molar refractivity (Wildman–Crippen MR) is 166 cm³/mol. The lowest BCUT2D eigenvalue weighted by molar-refractivity contribution is 0.0679. The first-order chi connectivity index (χ1) is 20.7. The van der Waals surface area contributed by atoms with Gasteiger partial charge in [0.25, 0.3) is 5.91 Å². The van der Waals surface area contributed by atoms with Gasteiger partial charge in [-0.05, 0) is 30.0 Å². The predicted octanol–water partition coefficient (Wildman–Crippen LogP) is 6.32. The fourth-order valence-corrected chi connectivity index (χ4v) is 5.31. The van der Waals surface area contributed by atoms with E-state index in [4.69, 9.17) is 9.47 Å². The summed E-state index contributed by atoms with van der Waals surface area (Å²) in [6.45, 7) is 5.58. The maximum Gasteiger partial charge on any atom is 0.277 e. The summed E-state index contributed by atoms with van der Waals surface area (Å²) in [5, 5.41) is 2.12. The molecule has 0 N–H and O–H groups in total. The number of nitrogens with zero attached hydrogens (tertiary/aromatic N) is 3. The third-order valence-corrected chi connectivity index (χ3v) is 7.24. The zero-order valence-electron chi connectivity index (χ0n) is 24.2. The van der Waals surface area contributed by atoms with Crippen molar-refractivity contribution < 1.29 is 14.3 Å². The highest BCUT2D eigenvalue weighted by Crippen LogP contribution is 2.37. The van der Waals surface area contributed by atoms with Gasteiger partial charge in [0.05, 0.1) is 6.61 Å². The number of fused-ring (bicyclic) bond motifs is 5. The molecule has 0 fully saturated rings. The first kappa shape index (κ1) is 28.7. The normalized spacial score (nSPS) is 17.1. The van der Waals surface area contributed by atoms with Crippen LogP contribution in [0.2, 0.25) is 0 Å². The highest BCUT2D eigenvalue weighted by atomic mass is 16.5. The van der Waals surface area contributed by atoms with Crippen molar-refractivity contribution in [1.82, 2.24) is 9.58 Å². The molecule has 1 atom stereocenters. The minimum atomic E-state index is -0.324.